The SMILES string of the molecule is CP(=O)(O)ON1C=COC=C1. The molecular formula is C5H8NO4P. The van der Waals surface area contributed by atoms with Gasteiger partial charge in [-0.05, 0) is 0 Å². The Labute approximate surface area is 64.0 Å². The maximum Gasteiger partial charge on any atom is 0.346 e. The van der Waals surface area contributed by atoms with E-state index in [9.17, 15) is 4.57 Å². The molecule has 1 atom stereocenters. The van der Waals surface area contributed by atoms with Gasteiger partial charge in [0.15, 0.2) is 0 Å². The lowest BCUT2D eigenvalue weighted by atomic mass is 10.8. The monoisotopic (exact) mass is 177 g/mol. The van der Waals surface area contributed by atoms with Crippen LogP contribution in [0.25, 0.3) is 0 Å². The summed E-state index contributed by atoms with van der Waals surface area (Å²) < 4.78 is 19.9. The van der Waals surface area contributed by atoms with Crippen molar-refractivity contribution in [2.45, 2.75) is 0 Å². The molecule has 0 aromatic heterocycles. The molecule has 0 radical (unpaired) electrons. The number of ether oxygens (including phenoxy) is 1. The lowest BCUT2D eigenvalue weighted by Crippen LogP contribution is -2.10. The Morgan fingerprint density at radius 2 is 2.09 bits per heavy atom. The van der Waals surface area contributed by atoms with Crippen LogP contribution in [0.15, 0.2) is 24.9 Å². The van der Waals surface area contributed by atoms with Crippen molar-refractivity contribution >= 4 is 7.60 Å². The minimum Gasteiger partial charge on any atom is -0.469 e. The summed E-state index contributed by atoms with van der Waals surface area (Å²) in [6, 6.07) is 0. The molecule has 0 saturated carbocycles. The van der Waals surface area contributed by atoms with Crippen molar-refractivity contribution in [2.75, 3.05) is 6.66 Å². The van der Waals surface area contributed by atoms with Crippen LogP contribution < -0.4 is 0 Å². The molecular weight excluding hydrogens is 169 g/mol. The minimum absolute atomic E-state index is 1.10. The zero-order valence-electron chi connectivity index (χ0n) is 5.88. The molecule has 62 valence electrons. The van der Waals surface area contributed by atoms with Gasteiger partial charge in [0.1, 0.15) is 12.5 Å². The second-order valence-electron chi connectivity index (χ2n) is 1.95. The fraction of sp³-hybridized carbons (Fsp3) is 0.200. The summed E-state index contributed by atoms with van der Waals surface area (Å²) in [6.07, 6.45) is 5.42. The van der Waals surface area contributed by atoms with Crippen molar-refractivity contribution in [3.05, 3.63) is 24.9 Å². The summed E-state index contributed by atoms with van der Waals surface area (Å²) in [5, 5.41) is 1.10. The number of rotatable bonds is 2. The molecule has 0 fully saturated rings. The van der Waals surface area contributed by atoms with Crippen molar-refractivity contribution in [3.8, 4) is 0 Å². The first-order valence-electron chi connectivity index (χ1n) is 2.85. The molecule has 6 heteroatoms. The highest BCUT2D eigenvalue weighted by atomic mass is 31.2. The number of hydrogen-bond donors (Lipinski definition) is 1. The Bertz CT molecular complexity index is 219. The molecule has 1 aliphatic heterocycles. The quantitative estimate of drug-likeness (QED) is 0.637. The Balaban J connectivity index is 2.49. The smallest absolute Gasteiger partial charge is 0.346 e. The standard InChI is InChI=1S/C5H8NO4P/c1-11(7,8)10-6-2-4-9-5-3-6/h2-5H,1H3,(H,7,8). The summed E-state index contributed by atoms with van der Waals surface area (Å²) in [5.74, 6) is 0. The average molecular weight is 177 g/mol. The molecule has 0 spiro atoms. The van der Waals surface area contributed by atoms with Gasteiger partial charge < -0.3 is 9.63 Å². The zero-order chi connectivity index (χ0) is 8.32. The van der Waals surface area contributed by atoms with Crippen LogP contribution in [0.1, 0.15) is 0 Å². The van der Waals surface area contributed by atoms with Crippen molar-refractivity contribution in [2.24, 2.45) is 0 Å². The van der Waals surface area contributed by atoms with Gasteiger partial charge >= 0.3 is 7.60 Å². The van der Waals surface area contributed by atoms with Crippen molar-refractivity contribution in [3.63, 3.8) is 0 Å². The molecule has 0 aliphatic carbocycles. The maximum atomic E-state index is 10.7. The van der Waals surface area contributed by atoms with E-state index in [0.717, 1.165) is 11.7 Å². The second kappa shape index (κ2) is 3.09. The topological polar surface area (TPSA) is 59.0 Å². The lowest BCUT2D eigenvalue weighted by Gasteiger charge is -2.17. The highest BCUT2D eigenvalue weighted by Crippen LogP contribution is 2.38. The van der Waals surface area contributed by atoms with Gasteiger partial charge in [0, 0.05) is 6.66 Å². The first kappa shape index (κ1) is 8.33. The van der Waals surface area contributed by atoms with Crippen LogP contribution >= 0.6 is 7.60 Å². The Hall–Kier alpha value is -0.770. The van der Waals surface area contributed by atoms with E-state index < -0.39 is 7.60 Å². The van der Waals surface area contributed by atoms with E-state index >= 15 is 0 Å². The van der Waals surface area contributed by atoms with Crippen LogP contribution in [-0.2, 0) is 13.9 Å². The van der Waals surface area contributed by atoms with E-state index in [-0.39, 0.29) is 0 Å². The van der Waals surface area contributed by atoms with Gasteiger partial charge in [-0.25, -0.2) is 5.06 Å². The zero-order valence-corrected chi connectivity index (χ0v) is 6.77. The molecule has 1 aliphatic rings. The third-order valence-electron chi connectivity index (χ3n) is 0.818. The van der Waals surface area contributed by atoms with Gasteiger partial charge in [0.25, 0.3) is 0 Å². The third-order valence-corrected chi connectivity index (χ3v) is 1.31. The van der Waals surface area contributed by atoms with Crippen LogP contribution in [-0.4, -0.2) is 16.6 Å². The van der Waals surface area contributed by atoms with E-state index in [1.807, 2.05) is 0 Å². The molecule has 0 bridgehead atoms. The molecule has 11 heavy (non-hydrogen) atoms. The predicted octanol–water partition coefficient (Wildman–Crippen LogP) is 1.01. The highest BCUT2D eigenvalue weighted by molar-refractivity contribution is 7.51. The maximum absolute atomic E-state index is 10.7. The minimum atomic E-state index is -3.47. The van der Waals surface area contributed by atoms with Gasteiger partial charge in [-0.15, -0.1) is 0 Å². The first-order chi connectivity index (χ1) is 5.08. The van der Waals surface area contributed by atoms with Gasteiger partial charge in [-0.3, -0.25) is 4.57 Å². The lowest BCUT2D eigenvalue weighted by molar-refractivity contribution is 0.0235. The summed E-state index contributed by atoms with van der Waals surface area (Å²) in [4.78, 5) is 8.75. The fourth-order valence-corrected chi connectivity index (χ4v) is 0.973. The van der Waals surface area contributed by atoms with Crippen molar-refractivity contribution in [1.29, 1.82) is 0 Å². The molecule has 0 aromatic carbocycles. The van der Waals surface area contributed by atoms with Crippen LogP contribution in [0.2, 0.25) is 0 Å². The summed E-state index contributed by atoms with van der Waals surface area (Å²) in [5.41, 5.74) is 0. The van der Waals surface area contributed by atoms with Crippen molar-refractivity contribution < 1.29 is 18.8 Å². The van der Waals surface area contributed by atoms with Gasteiger partial charge in [-0.1, -0.05) is 0 Å². The second-order valence-corrected chi connectivity index (χ2v) is 3.72. The predicted molar refractivity (Wildman–Crippen MR) is 38.0 cm³/mol. The molecule has 0 amide bonds. The van der Waals surface area contributed by atoms with E-state index in [4.69, 9.17) is 4.89 Å². The normalized spacial score (nSPS) is 21.1. The van der Waals surface area contributed by atoms with Crippen LogP contribution in [0.5, 0.6) is 0 Å². The molecule has 1 rings (SSSR count). The summed E-state index contributed by atoms with van der Waals surface area (Å²) >= 11 is 0. The number of hydroxylamine groups is 2. The van der Waals surface area contributed by atoms with E-state index in [1.165, 1.54) is 24.9 Å². The average Bonchev–Trinajstić information content (AvgIpc) is 1.85. The van der Waals surface area contributed by atoms with E-state index in [0.29, 0.717) is 0 Å². The van der Waals surface area contributed by atoms with Crippen LogP contribution in [0, 0.1) is 0 Å². The molecule has 5 nitrogen and oxygen atoms in total. The van der Waals surface area contributed by atoms with Crippen molar-refractivity contribution in [1.82, 2.24) is 5.06 Å². The van der Waals surface area contributed by atoms with Crippen LogP contribution in [0.3, 0.4) is 0 Å². The Morgan fingerprint density at radius 3 is 2.55 bits per heavy atom. The summed E-state index contributed by atoms with van der Waals surface area (Å²) in [6.45, 7) is 1.10. The van der Waals surface area contributed by atoms with E-state index in [1.54, 1.807) is 0 Å². The number of hydrogen-bond acceptors (Lipinski definition) is 4. The van der Waals surface area contributed by atoms with E-state index in [2.05, 4.69) is 9.36 Å². The van der Waals surface area contributed by atoms with Crippen LogP contribution in [0.4, 0.5) is 0 Å². The molecule has 1 unspecified atom stereocenters. The molecule has 0 aromatic rings. The largest absolute Gasteiger partial charge is 0.469 e. The molecule has 1 heterocycles. The Morgan fingerprint density at radius 1 is 1.55 bits per heavy atom. The molecule has 0 saturated heterocycles. The number of nitrogens with zero attached hydrogens (tertiary/aromatic N) is 1. The highest BCUT2D eigenvalue weighted by Gasteiger charge is 2.14. The summed E-state index contributed by atoms with van der Waals surface area (Å²) in [7, 11) is -3.47. The molecule has 1 N–H and O–H groups in total. The third kappa shape index (κ3) is 3.23. The fourth-order valence-electron chi connectivity index (χ4n) is 0.515. The Kier molecular flexibility index (Phi) is 2.34. The van der Waals surface area contributed by atoms with Gasteiger partial charge in [-0.2, -0.15) is 4.62 Å². The first-order valence-corrected chi connectivity index (χ1v) is 4.87. The van der Waals surface area contributed by atoms with Gasteiger partial charge in [0.05, 0.1) is 12.4 Å². The van der Waals surface area contributed by atoms with Gasteiger partial charge in [0.2, 0.25) is 0 Å².